The maximum Gasteiger partial charge on any atom is 0.234 e. The van der Waals surface area contributed by atoms with Crippen molar-refractivity contribution in [2.45, 2.75) is 11.8 Å². The van der Waals surface area contributed by atoms with Crippen LogP contribution < -0.4 is 5.32 Å². The second-order valence-electron chi connectivity index (χ2n) is 4.28. The van der Waals surface area contributed by atoms with Crippen molar-refractivity contribution in [2.75, 3.05) is 11.1 Å². The van der Waals surface area contributed by atoms with Gasteiger partial charge in [-0.3, -0.25) is 4.79 Å². The third-order valence-corrected chi connectivity index (χ3v) is 4.32. The number of amides is 1. The van der Waals surface area contributed by atoms with Crippen LogP contribution in [-0.4, -0.2) is 11.7 Å². The van der Waals surface area contributed by atoms with Gasteiger partial charge in [0.05, 0.1) is 10.8 Å². The summed E-state index contributed by atoms with van der Waals surface area (Å²) in [7, 11) is 0. The van der Waals surface area contributed by atoms with Crippen molar-refractivity contribution in [2.24, 2.45) is 0 Å². The van der Waals surface area contributed by atoms with Crippen LogP contribution in [0.25, 0.3) is 0 Å². The van der Waals surface area contributed by atoms with E-state index in [1.165, 1.54) is 11.8 Å². The molecule has 2 rings (SSSR count). The molecule has 0 spiro atoms. The van der Waals surface area contributed by atoms with Gasteiger partial charge in [-0.2, -0.15) is 0 Å². The molecule has 104 valence electrons. The number of halogens is 2. The Balaban J connectivity index is 1.90. The first-order valence-corrected chi connectivity index (χ1v) is 7.73. The maximum atomic E-state index is 11.8. The van der Waals surface area contributed by atoms with E-state index in [0.29, 0.717) is 15.8 Å². The largest absolute Gasteiger partial charge is 0.325 e. The Hall–Kier alpha value is -1.16. The van der Waals surface area contributed by atoms with E-state index in [2.05, 4.69) is 5.32 Å². The molecule has 0 aliphatic rings. The molecule has 2 aromatic rings. The predicted molar refractivity (Wildman–Crippen MR) is 87.0 cm³/mol. The van der Waals surface area contributed by atoms with Gasteiger partial charge in [-0.05, 0) is 37.3 Å². The summed E-state index contributed by atoms with van der Waals surface area (Å²) >= 11 is 13.3. The van der Waals surface area contributed by atoms with Crippen LogP contribution in [0, 0.1) is 6.92 Å². The van der Waals surface area contributed by atoms with Crippen molar-refractivity contribution in [1.82, 2.24) is 0 Å². The molecular weight excluding hydrogens is 313 g/mol. The van der Waals surface area contributed by atoms with Gasteiger partial charge in [0, 0.05) is 15.6 Å². The quantitative estimate of drug-likeness (QED) is 0.798. The molecular formula is C15H13Cl2NOS. The highest BCUT2D eigenvalue weighted by Crippen LogP contribution is 2.29. The number of anilines is 1. The number of nitrogens with one attached hydrogen (secondary N) is 1. The molecule has 0 aliphatic carbocycles. The first-order valence-electron chi connectivity index (χ1n) is 5.99. The highest BCUT2D eigenvalue weighted by Gasteiger charge is 2.06. The number of hydrogen-bond donors (Lipinski definition) is 1. The van der Waals surface area contributed by atoms with Crippen LogP contribution in [0.2, 0.25) is 10.0 Å². The number of carbonyl (C=O) groups excluding carboxylic acids is 1. The van der Waals surface area contributed by atoms with E-state index in [-0.39, 0.29) is 5.91 Å². The Labute approximate surface area is 132 Å². The number of thioether (sulfide) groups is 1. The molecule has 1 N–H and O–H groups in total. The molecule has 0 fully saturated rings. The van der Waals surface area contributed by atoms with E-state index in [4.69, 9.17) is 23.2 Å². The lowest BCUT2D eigenvalue weighted by Gasteiger charge is -2.06. The summed E-state index contributed by atoms with van der Waals surface area (Å²) in [6.45, 7) is 2.00. The highest BCUT2D eigenvalue weighted by molar-refractivity contribution is 8.00. The van der Waals surface area contributed by atoms with Gasteiger partial charge >= 0.3 is 0 Å². The number of benzene rings is 2. The molecule has 2 aromatic carbocycles. The van der Waals surface area contributed by atoms with Crippen LogP contribution in [0.1, 0.15) is 5.56 Å². The van der Waals surface area contributed by atoms with E-state index >= 15 is 0 Å². The van der Waals surface area contributed by atoms with E-state index in [0.717, 1.165) is 16.1 Å². The van der Waals surface area contributed by atoms with E-state index in [1.54, 1.807) is 12.1 Å². The average molecular weight is 326 g/mol. The van der Waals surface area contributed by atoms with Crippen LogP contribution >= 0.6 is 35.0 Å². The number of rotatable bonds is 4. The molecule has 5 heteroatoms. The normalized spacial score (nSPS) is 10.3. The molecule has 0 saturated heterocycles. The Morgan fingerprint density at radius 1 is 1.15 bits per heavy atom. The molecule has 0 bridgehead atoms. The van der Waals surface area contributed by atoms with Gasteiger partial charge in [-0.15, -0.1) is 11.8 Å². The van der Waals surface area contributed by atoms with Crippen molar-refractivity contribution in [3.05, 3.63) is 58.1 Å². The molecule has 0 unspecified atom stereocenters. The lowest BCUT2D eigenvalue weighted by atomic mass is 10.2. The SMILES string of the molecule is Cc1ccc(NC(=O)CSc2ccc(Cl)cc2Cl)cc1. The smallest absolute Gasteiger partial charge is 0.234 e. The molecule has 0 atom stereocenters. The summed E-state index contributed by atoms with van der Waals surface area (Å²) in [6, 6.07) is 12.9. The molecule has 0 aliphatic heterocycles. The Kier molecular flexibility index (Phi) is 5.35. The van der Waals surface area contributed by atoms with Crippen molar-refractivity contribution in [3.8, 4) is 0 Å². The summed E-state index contributed by atoms with van der Waals surface area (Å²) < 4.78 is 0. The molecule has 2 nitrogen and oxygen atoms in total. The minimum Gasteiger partial charge on any atom is -0.325 e. The van der Waals surface area contributed by atoms with Crippen LogP contribution in [0.4, 0.5) is 5.69 Å². The maximum absolute atomic E-state index is 11.8. The van der Waals surface area contributed by atoms with Gasteiger partial charge in [0.1, 0.15) is 0 Å². The molecule has 0 saturated carbocycles. The summed E-state index contributed by atoms with van der Waals surface area (Å²) in [6.07, 6.45) is 0. The molecule has 0 radical (unpaired) electrons. The van der Waals surface area contributed by atoms with Gasteiger partial charge in [0.2, 0.25) is 5.91 Å². The van der Waals surface area contributed by atoms with Crippen molar-refractivity contribution < 1.29 is 4.79 Å². The number of carbonyl (C=O) groups is 1. The lowest BCUT2D eigenvalue weighted by molar-refractivity contribution is -0.113. The van der Waals surface area contributed by atoms with E-state index in [9.17, 15) is 4.79 Å². The van der Waals surface area contributed by atoms with Crippen molar-refractivity contribution in [1.29, 1.82) is 0 Å². The van der Waals surface area contributed by atoms with Gasteiger partial charge in [0.25, 0.3) is 0 Å². The second kappa shape index (κ2) is 7.02. The van der Waals surface area contributed by atoms with Gasteiger partial charge in [0.15, 0.2) is 0 Å². The first-order chi connectivity index (χ1) is 9.54. The molecule has 0 aromatic heterocycles. The first kappa shape index (κ1) is 15.2. The van der Waals surface area contributed by atoms with Crippen LogP contribution in [0.15, 0.2) is 47.4 Å². The topological polar surface area (TPSA) is 29.1 Å². The van der Waals surface area contributed by atoms with Gasteiger partial charge in [-0.1, -0.05) is 40.9 Å². The zero-order chi connectivity index (χ0) is 14.5. The van der Waals surface area contributed by atoms with E-state index in [1.807, 2.05) is 37.3 Å². The highest BCUT2D eigenvalue weighted by atomic mass is 35.5. The zero-order valence-corrected chi connectivity index (χ0v) is 13.1. The van der Waals surface area contributed by atoms with Crippen LogP contribution in [-0.2, 0) is 4.79 Å². The van der Waals surface area contributed by atoms with Crippen LogP contribution in [0.3, 0.4) is 0 Å². The summed E-state index contributed by atoms with van der Waals surface area (Å²) in [5.74, 6) is 0.236. The second-order valence-corrected chi connectivity index (χ2v) is 6.14. The van der Waals surface area contributed by atoms with Crippen molar-refractivity contribution in [3.63, 3.8) is 0 Å². The number of aryl methyl sites for hydroxylation is 1. The monoisotopic (exact) mass is 325 g/mol. The lowest BCUT2D eigenvalue weighted by Crippen LogP contribution is -2.13. The number of hydrogen-bond acceptors (Lipinski definition) is 2. The third kappa shape index (κ3) is 4.44. The fourth-order valence-electron chi connectivity index (χ4n) is 1.57. The third-order valence-electron chi connectivity index (χ3n) is 2.59. The summed E-state index contributed by atoms with van der Waals surface area (Å²) in [5, 5.41) is 3.99. The Morgan fingerprint density at radius 3 is 2.50 bits per heavy atom. The fraction of sp³-hybridized carbons (Fsp3) is 0.133. The summed E-state index contributed by atoms with van der Waals surface area (Å²) in [4.78, 5) is 12.7. The molecule has 1 amide bonds. The predicted octanol–water partition coefficient (Wildman–Crippen LogP) is 5.03. The average Bonchev–Trinajstić information content (AvgIpc) is 2.40. The van der Waals surface area contributed by atoms with Crippen molar-refractivity contribution >= 4 is 46.6 Å². The van der Waals surface area contributed by atoms with Gasteiger partial charge < -0.3 is 5.32 Å². The minimum absolute atomic E-state index is 0.0649. The van der Waals surface area contributed by atoms with Crippen LogP contribution in [0.5, 0.6) is 0 Å². The van der Waals surface area contributed by atoms with E-state index < -0.39 is 0 Å². The Bertz CT molecular complexity index is 614. The fourth-order valence-corrected chi connectivity index (χ4v) is 2.86. The Morgan fingerprint density at radius 2 is 1.85 bits per heavy atom. The minimum atomic E-state index is -0.0649. The molecule has 0 heterocycles. The van der Waals surface area contributed by atoms with Gasteiger partial charge in [-0.25, -0.2) is 0 Å². The standard InChI is InChI=1S/C15H13Cl2NOS/c1-10-2-5-12(6-3-10)18-15(19)9-20-14-7-4-11(16)8-13(14)17/h2-8H,9H2,1H3,(H,18,19). The summed E-state index contributed by atoms with van der Waals surface area (Å²) in [5.41, 5.74) is 1.95. The zero-order valence-electron chi connectivity index (χ0n) is 10.8. The molecule has 20 heavy (non-hydrogen) atoms.